The van der Waals surface area contributed by atoms with Crippen LogP contribution in [0.2, 0.25) is 5.02 Å². The lowest BCUT2D eigenvalue weighted by Gasteiger charge is -2.17. The van der Waals surface area contributed by atoms with E-state index >= 15 is 0 Å². The van der Waals surface area contributed by atoms with E-state index in [4.69, 9.17) is 17.3 Å². The van der Waals surface area contributed by atoms with Crippen LogP contribution in [-0.2, 0) is 10.0 Å². The van der Waals surface area contributed by atoms with E-state index in [9.17, 15) is 8.42 Å². The van der Waals surface area contributed by atoms with E-state index in [-0.39, 0.29) is 16.6 Å². The molecule has 0 amide bonds. The van der Waals surface area contributed by atoms with Crippen molar-refractivity contribution in [3.05, 3.63) is 23.2 Å². The molecule has 0 heterocycles. The monoisotopic (exact) mass is 305 g/mol. The van der Waals surface area contributed by atoms with Gasteiger partial charge >= 0.3 is 0 Å². The number of hydrogen-bond donors (Lipinski definition) is 2. The third kappa shape index (κ3) is 4.99. The van der Waals surface area contributed by atoms with Gasteiger partial charge in [0.2, 0.25) is 10.0 Å². The van der Waals surface area contributed by atoms with Gasteiger partial charge in [0.1, 0.15) is 4.90 Å². The molecule has 0 saturated heterocycles. The smallest absolute Gasteiger partial charge is 0.242 e. The van der Waals surface area contributed by atoms with Crippen LogP contribution in [0, 0.1) is 0 Å². The van der Waals surface area contributed by atoms with E-state index in [2.05, 4.69) is 4.72 Å². The van der Waals surface area contributed by atoms with Gasteiger partial charge in [0.05, 0.1) is 5.69 Å². The highest BCUT2D eigenvalue weighted by atomic mass is 35.5. The SMILES string of the molecule is CC(CCN(C)C)NS(=O)(=O)c1ccc(Cl)cc1N. The zero-order chi connectivity index (χ0) is 14.6. The second-order valence-corrected chi connectivity index (χ2v) is 6.92. The second-order valence-electron chi connectivity index (χ2n) is 4.80. The number of halogens is 1. The molecule has 0 spiro atoms. The summed E-state index contributed by atoms with van der Waals surface area (Å²) in [5.41, 5.74) is 5.85. The fourth-order valence-corrected chi connectivity index (χ4v) is 3.17. The molecule has 0 aliphatic rings. The number of benzene rings is 1. The molecule has 0 radical (unpaired) electrons. The molecule has 108 valence electrons. The fourth-order valence-electron chi connectivity index (χ4n) is 1.60. The topological polar surface area (TPSA) is 75.4 Å². The van der Waals surface area contributed by atoms with Crippen LogP contribution in [0.3, 0.4) is 0 Å². The van der Waals surface area contributed by atoms with E-state index in [1.165, 1.54) is 18.2 Å². The Labute approximate surface area is 119 Å². The summed E-state index contributed by atoms with van der Waals surface area (Å²) >= 11 is 5.76. The molecule has 1 unspecified atom stereocenters. The lowest BCUT2D eigenvalue weighted by Crippen LogP contribution is -2.35. The van der Waals surface area contributed by atoms with E-state index in [1.807, 2.05) is 25.9 Å². The fraction of sp³-hybridized carbons (Fsp3) is 0.500. The summed E-state index contributed by atoms with van der Waals surface area (Å²) < 4.78 is 27.0. The number of nitrogens with one attached hydrogen (secondary N) is 1. The Morgan fingerprint density at radius 3 is 2.58 bits per heavy atom. The number of sulfonamides is 1. The van der Waals surface area contributed by atoms with Gasteiger partial charge in [-0.25, -0.2) is 13.1 Å². The third-order valence-electron chi connectivity index (χ3n) is 2.63. The minimum atomic E-state index is -3.61. The molecule has 0 aliphatic carbocycles. The van der Waals surface area contributed by atoms with Gasteiger partial charge < -0.3 is 10.6 Å². The number of anilines is 1. The molecule has 1 atom stereocenters. The van der Waals surface area contributed by atoms with Crippen molar-refractivity contribution in [1.29, 1.82) is 0 Å². The van der Waals surface area contributed by atoms with Crippen LogP contribution in [0.25, 0.3) is 0 Å². The van der Waals surface area contributed by atoms with Gasteiger partial charge in [-0.15, -0.1) is 0 Å². The minimum absolute atomic E-state index is 0.0635. The van der Waals surface area contributed by atoms with Gasteiger partial charge in [-0.3, -0.25) is 0 Å². The van der Waals surface area contributed by atoms with Crippen molar-refractivity contribution in [2.24, 2.45) is 0 Å². The highest BCUT2D eigenvalue weighted by Crippen LogP contribution is 2.22. The predicted octanol–water partition coefficient (Wildman–Crippen LogP) is 1.54. The summed E-state index contributed by atoms with van der Waals surface area (Å²) in [5.74, 6) is 0. The van der Waals surface area contributed by atoms with Crippen LogP contribution in [0.1, 0.15) is 13.3 Å². The molecule has 0 fully saturated rings. The third-order valence-corrected chi connectivity index (χ3v) is 4.53. The molecule has 5 nitrogen and oxygen atoms in total. The minimum Gasteiger partial charge on any atom is -0.398 e. The van der Waals surface area contributed by atoms with Crippen molar-refractivity contribution in [2.45, 2.75) is 24.3 Å². The highest BCUT2D eigenvalue weighted by molar-refractivity contribution is 7.89. The number of nitrogen functional groups attached to an aromatic ring is 1. The van der Waals surface area contributed by atoms with Crippen molar-refractivity contribution in [1.82, 2.24) is 9.62 Å². The zero-order valence-electron chi connectivity index (χ0n) is 11.4. The Morgan fingerprint density at radius 2 is 2.05 bits per heavy atom. The van der Waals surface area contributed by atoms with E-state index < -0.39 is 10.0 Å². The van der Waals surface area contributed by atoms with Crippen molar-refractivity contribution in [3.63, 3.8) is 0 Å². The predicted molar refractivity (Wildman–Crippen MR) is 78.8 cm³/mol. The Morgan fingerprint density at radius 1 is 1.42 bits per heavy atom. The Bertz CT molecular complexity index is 532. The Hall–Kier alpha value is -0.820. The molecule has 19 heavy (non-hydrogen) atoms. The molecule has 0 saturated carbocycles. The number of rotatable bonds is 6. The van der Waals surface area contributed by atoms with Crippen molar-refractivity contribution >= 4 is 27.3 Å². The average molecular weight is 306 g/mol. The van der Waals surface area contributed by atoms with Crippen LogP contribution in [-0.4, -0.2) is 40.0 Å². The van der Waals surface area contributed by atoms with Crippen molar-refractivity contribution in [3.8, 4) is 0 Å². The first-order valence-electron chi connectivity index (χ1n) is 5.94. The molecular weight excluding hydrogens is 286 g/mol. The second kappa shape index (κ2) is 6.56. The highest BCUT2D eigenvalue weighted by Gasteiger charge is 2.20. The molecule has 7 heteroatoms. The number of nitrogens with two attached hydrogens (primary N) is 1. The largest absolute Gasteiger partial charge is 0.398 e. The maximum absolute atomic E-state index is 12.2. The van der Waals surface area contributed by atoms with Gasteiger partial charge in [0, 0.05) is 11.1 Å². The molecule has 3 N–H and O–H groups in total. The molecule has 0 aromatic heterocycles. The number of nitrogens with zero attached hydrogens (tertiary/aromatic N) is 1. The van der Waals surface area contributed by atoms with Crippen LogP contribution in [0.4, 0.5) is 5.69 Å². The van der Waals surface area contributed by atoms with Gasteiger partial charge in [0.15, 0.2) is 0 Å². The lowest BCUT2D eigenvalue weighted by molar-refractivity contribution is 0.379. The zero-order valence-corrected chi connectivity index (χ0v) is 12.9. The summed E-state index contributed by atoms with van der Waals surface area (Å²) in [7, 11) is 0.279. The maximum atomic E-state index is 12.2. The lowest BCUT2D eigenvalue weighted by atomic mass is 10.2. The van der Waals surface area contributed by atoms with Crippen molar-refractivity contribution in [2.75, 3.05) is 26.4 Å². The van der Waals surface area contributed by atoms with Crippen LogP contribution < -0.4 is 10.5 Å². The van der Waals surface area contributed by atoms with Gasteiger partial charge in [-0.05, 0) is 52.2 Å². The molecule has 1 rings (SSSR count). The van der Waals surface area contributed by atoms with Crippen LogP contribution in [0.5, 0.6) is 0 Å². The molecule has 0 bridgehead atoms. The first kappa shape index (κ1) is 16.2. The molecule has 1 aromatic rings. The van der Waals surface area contributed by atoms with E-state index in [0.717, 1.165) is 13.0 Å². The summed E-state index contributed by atoms with van der Waals surface area (Å²) in [6, 6.07) is 4.19. The summed E-state index contributed by atoms with van der Waals surface area (Å²) in [6.07, 6.45) is 0.722. The maximum Gasteiger partial charge on any atom is 0.242 e. The molecule has 1 aromatic carbocycles. The molecule has 0 aliphatic heterocycles. The standard InChI is InChI=1S/C12H20ClN3O2S/c1-9(6-7-16(2)3)15-19(17,18)12-5-4-10(13)8-11(12)14/h4-5,8-9,15H,6-7,14H2,1-3H3. The summed E-state index contributed by atoms with van der Waals surface area (Å²) in [5, 5.41) is 0.414. The molecular formula is C12H20ClN3O2S. The van der Waals surface area contributed by atoms with Gasteiger partial charge in [0.25, 0.3) is 0 Å². The summed E-state index contributed by atoms with van der Waals surface area (Å²) in [6.45, 7) is 2.63. The average Bonchev–Trinajstić information content (AvgIpc) is 2.25. The normalized spacial score (nSPS) is 13.7. The van der Waals surface area contributed by atoms with Crippen molar-refractivity contribution < 1.29 is 8.42 Å². The van der Waals surface area contributed by atoms with E-state index in [0.29, 0.717) is 5.02 Å². The van der Waals surface area contributed by atoms with E-state index in [1.54, 1.807) is 0 Å². The Kier molecular flexibility index (Phi) is 5.61. The quantitative estimate of drug-likeness (QED) is 0.782. The number of hydrogen-bond acceptors (Lipinski definition) is 4. The first-order chi connectivity index (χ1) is 8.72. The van der Waals surface area contributed by atoms with Gasteiger partial charge in [-0.2, -0.15) is 0 Å². The van der Waals surface area contributed by atoms with Crippen LogP contribution >= 0.6 is 11.6 Å². The first-order valence-corrected chi connectivity index (χ1v) is 7.80. The van der Waals surface area contributed by atoms with Crippen LogP contribution in [0.15, 0.2) is 23.1 Å². The Balaban J connectivity index is 2.81. The summed E-state index contributed by atoms with van der Waals surface area (Å²) in [4.78, 5) is 2.06. The van der Waals surface area contributed by atoms with Gasteiger partial charge in [-0.1, -0.05) is 11.6 Å².